The Hall–Kier alpha value is -0.290. The van der Waals surface area contributed by atoms with E-state index in [0.717, 1.165) is 19.3 Å². The molecule has 2 N–H and O–H groups in total. The van der Waals surface area contributed by atoms with Crippen molar-refractivity contribution < 1.29 is 13.2 Å². The van der Waals surface area contributed by atoms with Gasteiger partial charge in [0.15, 0.2) is 0 Å². The molecule has 5 heteroatoms. The van der Waals surface area contributed by atoms with Crippen LogP contribution in [0.3, 0.4) is 0 Å². The molecular weight excluding hydrogens is 205 g/mol. The van der Waals surface area contributed by atoms with Crippen molar-refractivity contribution in [2.45, 2.75) is 51.4 Å². The van der Waals surface area contributed by atoms with E-state index in [-0.39, 0.29) is 0 Å². The van der Waals surface area contributed by atoms with E-state index in [9.17, 15) is 13.2 Å². The fourth-order valence-corrected chi connectivity index (χ4v) is 1.70. The average Bonchev–Trinajstić information content (AvgIpc) is 2.00. The molecule has 0 aromatic rings. The zero-order valence-electron chi connectivity index (χ0n) is 9.64. The van der Waals surface area contributed by atoms with Crippen LogP contribution in [-0.2, 0) is 0 Å². The molecule has 0 rings (SSSR count). The van der Waals surface area contributed by atoms with E-state index in [1.165, 1.54) is 18.9 Å². The summed E-state index contributed by atoms with van der Waals surface area (Å²) >= 11 is 0. The lowest BCUT2D eigenvalue weighted by Crippen LogP contribution is -2.53. The Morgan fingerprint density at radius 3 is 2.13 bits per heavy atom. The molecule has 0 aliphatic carbocycles. The van der Waals surface area contributed by atoms with Crippen molar-refractivity contribution in [2.75, 3.05) is 13.6 Å². The highest BCUT2D eigenvalue weighted by atomic mass is 19.4. The van der Waals surface area contributed by atoms with E-state index >= 15 is 0 Å². The Labute approximate surface area is 89.6 Å². The van der Waals surface area contributed by atoms with Crippen molar-refractivity contribution in [2.24, 2.45) is 5.73 Å². The molecule has 2 atom stereocenters. The predicted octanol–water partition coefficient (Wildman–Crippen LogP) is 2.39. The molecule has 0 aromatic heterocycles. The Kier molecular flexibility index (Phi) is 6.20. The summed E-state index contributed by atoms with van der Waals surface area (Å²) in [5.74, 6) is 0. The molecule has 0 bridgehead atoms. The van der Waals surface area contributed by atoms with E-state index in [0.29, 0.717) is 6.54 Å². The molecule has 0 saturated heterocycles. The molecule has 0 radical (unpaired) electrons. The van der Waals surface area contributed by atoms with Crippen LogP contribution < -0.4 is 5.73 Å². The van der Waals surface area contributed by atoms with Gasteiger partial charge in [-0.15, -0.1) is 0 Å². The van der Waals surface area contributed by atoms with Crippen molar-refractivity contribution in [3.8, 4) is 0 Å². The summed E-state index contributed by atoms with van der Waals surface area (Å²) in [4.78, 5) is 1.31. The normalized spacial score (nSPS) is 16.8. The van der Waals surface area contributed by atoms with Gasteiger partial charge in [-0.05, 0) is 26.9 Å². The summed E-state index contributed by atoms with van der Waals surface area (Å²) in [5.41, 5.74) is 5.37. The maximum Gasteiger partial charge on any atom is 0.405 e. The van der Waals surface area contributed by atoms with E-state index in [1.807, 2.05) is 6.92 Å². The lowest BCUT2D eigenvalue weighted by Gasteiger charge is -2.32. The minimum atomic E-state index is -4.24. The summed E-state index contributed by atoms with van der Waals surface area (Å²) in [6.45, 7) is 3.86. The van der Waals surface area contributed by atoms with Crippen LogP contribution in [0.4, 0.5) is 13.2 Å². The van der Waals surface area contributed by atoms with Crippen molar-refractivity contribution in [3.63, 3.8) is 0 Å². The SMILES string of the molecule is CCCCCN(C)C(C(C)N)C(F)(F)F. The van der Waals surface area contributed by atoms with Crippen LogP contribution in [0.15, 0.2) is 0 Å². The summed E-state index contributed by atoms with van der Waals surface area (Å²) in [5, 5.41) is 0. The van der Waals surface area contributed by atoms with Gasteiger partial charge in [-0.25, -0.2) is 0 Å². The van der Waals surface area contributed by atoms with Gasteiger partial charge in [-0.3, -0.25) is 4.90 Å². The molecule has 0 heterocycles. The minimum Gasteiger partial charge on any atom is -0.326 e. The lowest BCUT2D eigenvalue weighted by molar-refractivity contribution is -0.184. The van der Waals surface area contributed by atoms with Crippen LogP contribution in [0, 0.1) is 0 Å². The van der Waals surface area contributed by atoms with Gasteiger partial charge in [0.2, 0.25) is 0 Å². The maximum atomic E-state index is 12.6. The third-order valence-corrected chi connectivity index (χ3v) is 2.42. The first-order valence-corrected chi connectivity index (χ1v) is 5.33. The first kappa shape index (κ1) is 14.7. The monoisotopic (exact) mass is 226 g/mol. The molecule has 0 saturated carbocycles. The zero-order chi connectivity index (χ0) is 12.1. The quantitative estimate of drug-likeness (QED) is 0.705. The van der Waals surface area contributed by atoms with Gasteiger partial charge in [0.25, 0.3) is 0 Å². The van der Waals surface area contributed by atoms with E-state index in [4.69, 9.17) is 5.73 Å². The lowest BCUT2D eigenvalue weighted by atomic mass is 10.1. The molecule has 2 unspecified atom stereocenters. The van der Waals surface area contributed by atoms with E-state index < -0.39 is 18.3 Å². The van der Waals surface area contributed by atoms with Gasteiger partial charge in [0, 0.05) is 6.04 Å². The summed E-state index contributed by atoms with van der Waals surface area (Å²) in [6, 6.07) is -2.43. The predicted molar refractivity (Wildman–Crippen MR) is 55.6 cm³/mol. The van der Waals surface area contributed by atoms with Crippen molar-refractivity contribution in [3.05, 3.63) is 0 Å². The maximum absolute atomic E-state index is 12.6. The van der Waals surface area contributed by atoms with Crippen molar-refractivity contribution in [1.29, 1.82) is 0 Å². The molecule has 0 aliphatic heterocycles. The Morgan fingerprint density at radius 1 is 1.27 bits per heavy atom. The smallest absolute Gasteiger partial charge is 0.326 e. The van der Waals surface area contributed by atoms with Gasteiger partial charge in [-0.1, -0.05) is 19.8 Å². The number of likely N-dealkylation sites (N-methyl/N-ethyl adjacent to an activating group) is 1. The number of nitrogens with zero attached hydrogens (tertiary/aromatic N) is 1. The number of unbranched alkanes of at least 4 members (excludes halogenated alkanes) is 2. The van der Waals surface area contributed by atoms with Crippen LogP contribution in [-0.4, -0.2) is 36.8 Å². The third-order valence-electron chi connectivity index (χ3n) is 2.42. The highest BCUT2D eigenvalue weighted by Gasteiger charge is 2.44. The molecule has 15 heavy (non-hydrogen) atoms. The molecule has 2 nitrogen and oxygen atoms in total. The second-order valence-corrected chi connectivity index (χ2v) is 4.03. The van der Waals surface area contributed by atoms with Crippen molar-refractivity contribution in [1.82, 2.24) is 4.90 Å². The molecule has 92 valence electrons. The summed E-state index contributed by atoms with van der Waals surface area (Å²) < 4.78 is 37.8. The first-order valence-electron chi connectivity index (χ1n) is 5.33. The zero-order valence-corrected chi connectivity index (χ0v) is 9.64. The number of halogens is 3. The molecule has 0 fully saturated rings. The molecule has 0 amide bonds. The number of rotatable bonds is 6. The Bertz CT molecular complexity index is 169. The molecule has 0 spiro atoms. The van der Waals surface area contributed by atoms with Crippen LogP contribution in [0.1, 0.15) is 33.1 Å². The summed E-state index contributed by atoms with van der Waals surface area (Å²) in [7, 11) is 1.48. The summed E-state index contributed by atoms with van der Waals surface area (Å²) in [6.07, 6.45) is -1.50. The van der Waals surface area contributed by atoms with Gasteiger partial charge in [0.05, 0.1) is 0 Å². The van der Waals surface area contributed by atoms with Gasteiger partial charge < -0.3 is 5.73 Å². The largest absolute Gasteiger partial charge is 0.405 e. The van der Waals surface area contributed by atoms with Crippen LogP contribution >= 0.6 is 0 Å². The van der Waals surface area contributed by atoms with Crippen LogP contribution in [0.25, 0.3) is 0 Å². The first-order chi connectivity index (χ1) is 6.80. The topological polar surface area (TPSA) is 29.3 Å². The molecular formula is C10H21F3N2. The fourth-order valence-electron chi connectivity index (χ4n) is 1.70. The number of alkyl halides is 3. The van der Waals surface area contributed by atoms with Gasteiger partial charge in [0.1, 0.15) is 6.04 Å². The Morgan fingerprint density at radius 2 is 1.80 bits per heavy atom. The molecule has 0 aliphatic rings. The van der Waals surface area contributed by atoms with Gasteiger partial charge >= 0.3 is 6.18 Å². The van der Waals surface area contributed by atoms with Crippen molar-refractivity contribution >= 4 is 0 Å². The highest BCUT2D eigenvalue weighted by molar-refractivity contribution is 4.84. The van der Waals surface area contributed by atoms with E-state index in [1.54, 1.807) is 0 Å². The number of nitrogens with two attached hydrogens (primary N) is 1. The van der Waals surface area contributed by atoms with Crippen LogP contribution in [0.2, 0.25) is 0 Å². The fraction of sp³-hybridized carbons (Fsp3) is 1.00. The van der Waals surface area contributed by atoms with E-state index in [2.05, 4.69) is 0 Å². The highest BCUT2D eigenvalue weighted by Crippen LogP contribution is 2.26. The van der Waals surface area contributed by atoms with Gasteiger partial charge in [-0.2, -0.15) is 13.2 Å². The second-order valence-electron chi connectivity index (χ2n) is 4.03. The standard InChI is InChI=1S/C10H21F3N2/c1-4-5-6-7-15(3)9(8(2)14)10(11,12)13/h8-9H,4-7,14H2,1-3H3. The second kappa shape index (κ2) is 6.33. The molecule has 0 aromatic carbocycles. The number of hydrogen-bond acceptors (Lipinski definition) is 2. The Balaban J connectivity index is 4.24. The minimum absolute atomic E-state index is 0.444. The number of hydrogen-bond donors (Lipinski definition) is 1. The third kappa shape index (κ3) is 5.37. The van der Waals surface area contributed by atoms with Crippen LogP contribution in [0.5, 0.6) is 0 Å². The average molecular weight is 226 g/mol.